The first-order valence-corrected chi connectivity index (χ1v) is 5.23. The Labute approximate surface area is 85.5 Å². The fraction of sp³-hybridized carbons (Fsp3) is 0.500. The van der Waals surface area contributed by atoms with Crippen LogP contribution in [0.4, 0.5) is 0 Å². The largest absolute Gasteiger partial charge is 0.358 e. The van der Waals surface area contributed by atoms with Crippen molar-refractivity contribution in [3.63, 3.8) is 0 Å². The topological polar surface area (TPSA) is 12.5 Å². The van der Waals surface area contributed by atoms with Crippen molar-refractivity contribution in [1.82, 2.24) is 4.90 Å². The molecule has 1 atom stereocenters. The molecular weight excluding hydrogens is 174 g/mol. The molecule has 2 rings (SSSR count). The molecule has 1 fully saturated rings. The highest BCUT2D eigenvalue weighted by Crippen LogP contribution is 2.26. The molecule has 2 nitrogen and oxygen atoms in total. The van der Waals surface area contributed by atoms with Gasteiger partial charge >= 0.3 is 0 Å². The molecule has 0 bridgehead atoms. The lowest BCUT2D eigenvalue weighted by Crippen LogP contribution is -2.23. The second-order valence-corrected chi connectivity index (χ2v) is 3.76. The summed E-state index contributed by atoms with van der Waals surface area (Å²) < 4.78 is 5.71. The van der Waals surface area contributed by atoms with Crippen molar-refractivity contribution in [2.24, 2.45) is 0 Å². The molecule has 1 aromatic rings. The SMILES string of the molecule is CCN1CCO[C@@H]1c1ccc(C)cc1. The van der Waals surface area contributed by atoms with E-state index >= 15 is 0 Å². The zero-order valence-corrected chi connectivity index (χ0v) is 8.86. The maximum Gasteiger partial charge on any atom is 0.136 e. The Hall–Kier alpha value is -0.860. The molecule has 1 saturated heterocycles. The minimum absolute atomic E-state index is 0.181. The van der Waals surface area contributed by atoms with Gasteiger partial charge in [0, 0.05) is 6.54 Å². The predicted molar refractivity (Wildman–Crippen MR) is 57.1 cm³/mol. The van der Waals surface area contributed by atoms with Gasteiger partial charge in [0.25, 0.3) is 0 Å². The Morgan fingerprint density at radius 2 is 2.07 bits per heavy atom. The Morgan fingerprint density at radius 1 is 1.36 bits per heavy atom. The number of benzene rings is 1. The summed E-state index contributed by atoms with van der Waals surface area (Å²) >= 11 is 0. The molecule has 0 radical (unpaired) electrons. The molecule has 0 unspecified atom stereocenters. The van der Waals surface area contributed by atoms with Crippen LogP contribution in [0, 0.1) is 6.92 Å². The molecule has 1 heterocycles. The van der Waals surface area contributed by atoms with Gasteiger partial charge in [0.15, 0.2) is 0 Å². The van der Waals surface area contributed by atoms with Crippen LogP contribution in [0.1, 0.15) is 24.3 Å². The van der Waals surface area contributed by atoms with Crippen LogP contribution >= 0.6 is 0 Å². The summed E-state index contributed by atoms with van der Waals surface area (Å²) in [6.07, 6.45) is 0.181. The quantitative estimate of drug-likeness (QED) is 0.711. The van der Waals surface area contributed by atoms with Crippen molar-refractivity contribution in [3.8, 4) is 0 Å². The number of ether oxygens (including phenoxy) is 1. The second kappa shape index (κ2) is 4.11. The van der Waals surface area contributed by atoms with Crippen molar-refractivity contribution >= 4 is 0 Å². The van der Waals surface area contributed by atoms with Crippen LogP contribution in [-0.4, -0.2) is 24.6 Å². The minimum Gasteiger partial charge on any atom is -0.358 e. The third kappa shape index (κ3) is 1.81. The molecular formula is C12H17NO. The first-order chi connectivity index (χ1) is 6.81. The summed E-state index contributed by atoms with van der Waals surface area (Å²) in [6, 6.07) is 8.61. The summed E-state index contributed by atoms with van der Waals surface area (Å²) in [5, 5.41) is 0. The van der Waals surface area contributed by atoms with Gasteiger partial charge in [0.1, 0.15) is 6.23 Å². The van der Waals surface area contributed by atoms with Gasteiger partial charge in [-0.2, -0.15) is 0 Å². The molecule has 2 heteroatoms. The lowest BCUT2D eigenvalue weighted by atomic mass is 10.1. The molecule has 0 saturated carbocycles. The predicted octanol–water partition coefficient (Wildman–Crippen LogP) is 2.35. The van der Waals surface area contributed by atoms with Crippen LogP contribution in [0.5, 0.6) is 0 Å². The Kier molecular flexibility index (Phi) is 2.85. The van der Waals surface area contributed by atoms with Crippen molar-refractivity contribution in [2.45, 2.75) is 20.1 Å². The van der Waals surface area contributed by atoms with Gasteiger partial charge in [0.05, 0.1) is 6.61 Å². The van der Waals surface area contributed by atoms with E-state index < -0.39 is 0 Å². The number of nitrogens with zero attached hydrogens (tertiary/aromatic N) is 1. The first-order valence-electron chi connectivity index (χ1n) is 5.23. The van der Waals surface area contributed by atoms with Gasteiger partial charge in [-0.3, -0.25) is 4.90 Å². The van der Waals surface area contributed by atoms with Gasteiger partial charge < -0.3 is 4.74 Å². The maximum atomic E-state index is 5.71. The normalized spacial score (nSPS) is 22.9. The van der Waals surface area contributed by atoms with Crippen LogP contribution < -0.4 is 0 Å². The Morgan fingerprint density at radius 3 is 2.71 bits per heavy atom. The van der Waals surface area contributed by atoms with Crippen LogP contribution in [0.25, 0.3) is 0 Å². The highest BCUT2D eigenvalue weighted by Gasteiger charge is 2.24. The van der Waals surface area contributed by atoms with Gasteiger partial charge in [0.2, 0.25) is 0 Å². The number of aryl methyl sites for hydroxylation is 1. The molecule has 1 aliphatic rings. The average molecular weight is 191 g/mol. The van der Waals surface area contributed by atoms with Gasteiger partial charge in [-0.25, -0.2) is 0 Å². The van der Waals surface area contributed by atoms with E-state index in [1.807, 2.05) is 0 Å². The summed E-state index contributed by atoms with van der Waals surface area (Å²) in [4.78, 5) is 2.35. The van der Waals surface area contributed by atoms with Crippen LogP contribution in [0.3, 0.4) is 0 Å². The van der Waals surface area contributed by atoms with Crippen molar-refractivity contribution in [2.75, 3.05) is 19.7 Å². The monoisotopic (exact) mass is 191 g/mol. The lowest BCUT2D eigenvalue weighted by Gasteiger charge is -2.21. The fourth-order valence-corrected chi connectivity index (χ4v) is 1.87. The van der Waals surface area contributed by atoms with Crippen molar-refractivity contribution in [3.05, 3.63) is 35.4 Å². The van der Waals surface area contributed by atoms with E-state index in [-0.39, 0.29) is 6.23 Å². The van der Waals surface area contributed by atoms with E-state index in [1.54, 1.807) is 0 Å². The number of likely N-dealkylation sites (N-methyl/N-ethyl adjacent to an activating group) is 1. The molecule has 0 aromatic heterocycles. The Balaban J connectivity index is 2.17. The fourth-order valence-electron chi connectivity index (χ4n) is 1.87. The van der Waals surface area contributed by atoms with E-state index in [4.69, 9.17) is 4.74 Å². The highest BCUT2D eigenvalue weighted by molar-refractivity contribution is 5.23. The second-order valence-electron chi connectivity index (χ2n) is 3.76. The molecule has 76 valence electrons. The molecule has 14 heavy (non-hydrogen) atoms. The molecule has 1 aliphatic heterocycles. The number of rotatable bonds is 2. The summed E-state index contributed by atoms with van der Waals surface area (Å²) in [5.41, 5.74) is 2.57. The maximum absolute atomic E-state index is 5.71. The Bertz CT molecular complexity index is 294. The van der Waals surface area contributed by atoms with Crippen LogP contribution in [-0.2, 0) is 4.74 Å². The van der Waals surface area contributed by atoms with E-state index in [1.165, 1.54) is 11.1 Å². The van der Waals surface area contributed by atoms with E-state index in [9.17, 15) is 0 Å². The number of hydrogen-bond donors (Lipinski definition) is 0. The highest BCUT2D eigenvalue weighted by atomic mass is 16.5. The molecule has 0 amide bonds. The zero-order chi connectivity index (χ0) is 9.97. The molecule has 0 spiro atoms. The zero-order valence-electron chi connectivity index (χ0n) is 8.86. The number of hydrogen-bond acceptors (Lipinski definition) is 2. The average Bonchev–Trinajstić information content (AvgIpc) is 2.67. The van der Waals surface area contributed by atoms with Gasteiger partial charge in [-0.15, -0.1) is 0 Å². The lowest BCUT2D eigenvalue weighted by molar-refractivity contribution is 0.0353. The third-order valence-corrected chi connectivity index (χ3v) is 2.75. The van der Waals surface area contributed by atoms with E-state index in [0.717, 1.165) is 19.7 Å². The summed E-state index contributed by atoms with van der Waals surface area (Å²) in [6.45, 7) is 7.24. The van der Waals surface area contributed by atoms with Gasteiger partial charge in [-0.1, -0.05) is 36.8 Å². The molecule has 0 aliphatic carbocycles. The standard InChI is InChI=1S/C12H17NO/c1-3-13-8-9-14-12(13)11-6-4-10(2)5-7-11/h4-7,12H,3,8-9H2,1-2H3/t12-/m1/s1. The molecule has 1 aromatic carbocycles. The van der Waals surface area contributed by atoms with Crippen molar-refractivity contribution < 1.29 is 4.74 Å². The van der Waals surface area contributed by atoms with E-state index in [0.29, 0.717) is 0 Å². The summed E-state index contributed by atoms with van der Waals surface area (Å²) in [5.74, 6) is 0. The summed E-state index contributed by atoms with van der Waals surface area (Å²) in [7, 11) is 0. The first kappa shape index (κ1) is 9.69. The minimum atomic E-state index is 0.181. The van der Waals surface area contributed by atoms with E-state index in [2.05, 4.69) is 43.0 Å². The van der Waals surface area contributed by atoms with Crippen LogP contribution in [0.15, 0.2) is 24.3 Å². The van der Waals surface area contributed by atoms with Gasteiger partial charge in [-0.05, 0) is 19.0 Å². The smallest absolute Gasteiger partial charge is 0.136 e. The third-order valence-electron chi connectivity index (χ3n) is 2.75. The van der Waals surface area contributed by atoms with Crippen molar-refractivity contribution in [1.29, 1.82) is 0 Å². The van der Waals surface area contributed by atoms with Crippen LogP contribution in [0.2, 0.25) is 0 Å². The molecule has 0 N–H and O–H groups in total.